The molecule has 4 saturated carbocycles. The van der Waals surface area contributed by atoms with Crippen molar-refractivity contribution in [1.82, 2.24) is 15.5 Å². The molecule has 2 heterocycles. The summed E-state index contributed by atoms with van der Waals surface area (Å²) in [6.07, 6.45) is 6.85. The van der Waals surface area contributed by atoms with E-state index in [1.807, 2.05) is 30.3 Å². The molecule has 4 aliphatic carbocycles. The number of nitrogens with zero attached hydrogens (tertiary/aromatic N) is 1. The minimum atomic E-state index is -0.809. The highest BCUT2D eigenvalue weighted by Gasteiger charge is 2.68. The van der Waals surface area contributed by atoms with Gasteiger partial charge in [-0.25, -0.2) is 0 Å². The van der Waals surface area contributed by atoms with E-state index < -0.39 is 13.2 Å². The van der Waals surface area contributed by atoms with E-state index in [9.17, 15) is 14.7 Å². The fraction of sp³-hybridized carbons (Fsp3) is 0.622. The fourth-order valence-electron chi connectivity index (χ4n) is 8.83. The molecule has 0 unspecified atom stereocenters. The van der Waals surface area contributed by atoms with Gasteiger partial charge < -0.3 is 29.8 Å². The molecular formula is C37H50BN3O6. The first-order valence-electron chi connectivity index (χ1n) is 17.7. The molecule has 6 aliphatic rings. The maximum Gasteiger partial charge on any atom is 0.481 e. The summed E-state index contributed by atoms with van der Waals surface area (Å²) in [5, 5.41) is 16.9. The average molecular weight is 644 g/mol. The molecule has 3 N–H and O–H groups in total. The first-order valence-corrected chi connectivity index (χ1v) is 17.7. The topological polar surface area (TPSA) is 109 Å². The Bertz CT molecular complexity index is 1450. The molecule has 0 radical (unpaired) electrons. The van der Waals surface area contributed by atoms with E-state index in [-0.39, 0.29) is 40.6 Å². The van der Waals surface area contributed by atoms with Crippen LogP contribution >= 0.6 is 0 Å². The molecule has 2 amide bonds. The molecule has 0 aromatic heterocycles. The van der Waals surface area contributed by atoms with Crippen LogP contribution in [-0.2, 0) is 31.8 Å². The Morgan fingerprint density at radius 3 is 2.51 bits per heavy atom. The van der Waals surface area contributed by atoms with Crippen LogP contribution in [0.25, 0.3) is 0 Å². The molecule has 2 saturated heterocycles. The Morgan fingerprint density at radius 2 is 1.81 bits per heavy atom. The Balaban J connectivity index is 1.09. The molecule has 2 aliphatic heterocycles. The quantitative estimate of drug-likeness (QED) is 0.310. The monoisotopic (exact) mass is 643 g/mol. The van der Waals surface area contributed by atoms with E-state index in [0.29, 0.717) is 55.1 Å². The summed E-state index contributed by atoms with van der Waals surface area (Å²) in [4.78, 5) is 30.2. The van der Waals surface area contributed by atoms with Crippen LogP contribution in [0.2, 0.25) is 0 Å². The summed E-state index contributed by atoms with van der Waals surface area (Å²) in [6.45, 7) is 10.3. The number of phenolic OH excluding ortho intramolecular Hbond substituents is 1. The van der Waals surface area contributed by atoms with Crippen LogP contribution in [0.3, 0.4) is 0 Å². The predicted molar refractivity (Wildman–Crippen MR) is 180 cm³/mol. The van der Waals surface area contributed by atoms with Gasteiger partial charge in [-0.1, -0.05) is 63.4 Å². The molecule has 6 atom stereocenters. The number of carbonyl (C=O) groups is 2. The Kier molecular flexibility index (Phi) is 9.15. The second-order valence-corrected chi connectivity index (χ2v) is 15.4. The lowest BCUT2D eigenvalue weighted by molar-refractivity contribution is -0.199. The van der Waals surface area contributed by atoms with E-state index in [1.54, 1.807) is 18.2 Å². The third-order valence-electron chi connectivity index (χ3n) is 12.2. The lowest BCUT2D eigenvalue weighted by Gasteiger charge is -2.64. The number of aromatic hydroxyl groups is 1. The number of nitrogens with one attached hydrogen (secondary N) is 2. The summed E-state index contributed by atoms with van der Waals surface area (Å²) in [5.74, 6) is 0.859. The molecule has 2 bridgehead atoms. The van der Waals surface area contributed by atoms with Crippen molar-refractivity contribution in [2.24, 2.45) is 23.2 Å². The molecule has 2 aromatic carbocycles. The SMILES string of the molecule is CC1(C)[C@@H]2C[C@H]1[C@]1(C)OB([C@H](CC3CCC3)NC(=O)[C@H](Cc3ccccc3)NC(=O)c3ccc(O)c(CN4CCOCC4)c3)O[C@@H]1C2. The van der Waals surface area contributed by atoms with E-state index in [1.165, 1.54) is 12.8 Å². The van der Waals surface area contributed by atoms with Crippen molar-refractivity contribution < 1.29 is 28.7 Å². The van der Waals surface area contributed by atoms with Gasteiger partial charge in [-0.05, 0) is 73.1 Å². The molecule has 252 valence electrons. The Labute approximate surface area is 279 Å². The van der Waals surface area contributed by atoms with Crippen molar-refractivity contribution in [1.29, 1.82) is 0 Å². The minimum Gasteiger partial charge on any atom is -0.508 e. The molecule has 10 heteroatoms. The Morgan fingerprint density at radius 1 is 1.04 bits per heavy atom. The van der Waals surface area contributed by atoms with Crippen molar-refractivity contribution in [3.63, 3.8) is 0 Å². The van der Waals surface area contributed by atoms with Crippen LogP contribution in [0, 0.1) is 23.2 Å². The number of morpholine rings is 1. The standard InChI is InChI=1S/C37H50BN3O6/c1-36(2)28-21-31(36)37(3)32(22-28)46-38(47-37)33(19-25-10-7-11-25)40-35(44)29(18-24-8-5-4-6-9-24)39-34(43)26-12-13-30(42)27(20-26)23-41-14-16-45-17-15-41/h4-6,8-9,12-13,20,25,28-29,31-33,42H,7,10-11,14-19,21-23H2,1-3H3,(H,39,43)(H,40,44)/t28-,29+,31-,32-,33+,37+/m1/s1. The molecular weight excluding hydrogens is 593 g/mol. The van der Waals surface area contributed by atoms with Crippen LogP contribution in [0.4, 0.5) is 0 Å². The fourth-order valence-corrected chi connectivity index (χ4v) is 8.83. The number of phenols is 1. The first kappa shape index (κ1) is 32.6. The number of rotatable bonds is 11. The highest BCUT2D eigenvalue weighted by molar-refractivity contribution is 6.48. The van der Waals surface area contributed by atoms with Crippen molar-refractivity contribution in [2.45, 2.75) is 95.9 Å². The van der Waals surface area contributed by atoms with E-state index in [2.05, 4.69) is 36.3 Å². The number of benzene rings is 2. The summed E-state index contributed by atoms with van der Waals surface area (Å²) < 4.78 is 19.0. The number of ether oxygens (including phenoxy) is 1. The maximum atomic E-state index is 14.2. The second-order valence-electron chi connectivity index (χ2n) is 15.4. The largest absolute Gasteiger partial charge is 0.508 e. The Hall–Kier alpha value is -2.92. The predicted octanol–water partition coefficient (Wildman–Crippen LogP) is 4.51. The first-order chi connectivity index (χ1) is 22.6. The third kappa shape index (κ3) is 6.59. The zero-order valence-corrected chi connectivity index (χ0v) is 28.1. The number of amides is 2. The van der Waals surface area contributed by atoms with Crippen molar-refractivity contribution in [3.05, 3.63) is 65.2 Å². The van der Waals surface area contributed by atoms with Gasteiger partial charge in [-0.3, -0.25) is 14.5 Å². The summed E-state index contributed by atoms with van der Waals surface area (Å²) in [6, 6.07) is 13.9. The molecule has 8 rings (SSSR count). The summed E-state index contributed by atoms with van der Waals surface area (Å²) in [5.41, 5.74) is 1.91. The number of carbonyl (C=O) groups excluding carboxylic acids is 2. The van der Waals surface area contributed by atoms with Gasteiger partial charge in [-0.15, -0.1) is 0 Å². The van der Waals surface area contributed by atoms with Gasteiger partial charge in [0.1, 0.15) is 11.8 Å². The zero-order valence-electron chi connectivity index (χ0n) is 28.1. The molecule has 6 fully saturated rings. The van der Waals surface area contributed by atoms with Crippen LogP contribution in [-0.4, -0.2) is 78.9 Å². The highest BCUT2D eigenvalue weighted by atomic mass is 16.7. The van der Waals surface area contributed by atoms with Crippen molar-refractivity contribution in [2.75, 3.05) is 26.3 Å². The van der Waals surface area contributed by atoms with E-state index in [4.69, 9.17) is 14.0 Å². The molecule has 47 heavy (non-hydrogen) atoms. The van der Waals surface area contributed by atoms with Crippen LogP contribution < -0.4 is 10.6 Å². The molecule has 9 nitrogen and oxygen atoms in total. The summed E-state index contributed by atoms with van der Waals surface area (Å²) >= 11 is 0. The lowest BCUT2D eigenvalue weighted by atomic mass is 9.43. The third-order valence-corrected chi connectivity index (χ3v) is 12.2. The van der Waals surface area contributed by atoms with E-state index in [0.717, 1.165) is 44.3 Å². The summed E-state index contributed by atoms with van der Waals surface area (Å²) in [7, 11) is -0.516. The van der Waals surface area contributed by atoms with Gasteiger partial charge in [0.2, 0.25) is 5.91 Å². The van der Waals surface area contributed by atoms with Crippen molar-refractivity contribution in [3.8, 4) is 5.75 Å². The van der Waals surface area contributed by atoms with Crippen molar-refractivity contribution >= 4 is 18.9 Å². The maximum absolute atomic E-state index is 14.2. The minimum absolute atomic E-state index is 0.0334. The van der Waals surface area contributed by atoms with Gasteiger partial charge in [0.05, 0.1) is 30.9 Å². The average Bonchev–Trinajstić information content (AvgIpc) is 3.41. The van der Waals surface area contributed by atoms with Gasteiger partial charge in [0.15, 0.2) is 0 Å². The zero-order chi connectivity index (χ0) is 32.8. The number of hydrogen-bond acceptors (Lipinski definition) is 7. The second kappa shape index (κ2) is 13.2. The van der Waals surface area contributed by atoms with Crippen LogP contribution in [0.5, 0.6) is 5.75 Å². The van der Waals surface area contributed by atoms with Gasteiger partial charge in [0.25, 0.3) is 5.91 Å². The van der Waals surface area contributed by atoms with Crippen LogP contribution in [0.1, 0.15) is 80.8 Å². The highest BCUT2D eigenvalue weighted by Crippen LogP contribution is 2.65. The molecule has 0 spiro atoms. The van der Waals surface area contributed by atoms with E-state index >= 15 is 0 Å². The van der Waals surface area contributed by atoms with Gasteiger partial charge in [-0.2, -0.15) is 0 Å². The molecule has 2 aromatic rings. The van der Waals surface area contributed by atoms with Gasteiger partial charge >= 0.3 is 7.12 Å². The normalized spacial score (nSPS) is 29.6. The van der Waals surface area contributed by atoms with Gasteiger partial charge in [0, 0.05) is 37.2 Å². The lowest BCUT2D eigenvalue weighted by Crippen LogP contribution is -2.65. The number of hydrogen-bond donors (Lipinski definition) is 3. The van der Waals surface area contributed by atoms with Crippen LogP contribution in [0.15, 0.2) is 48.5 Å². The smallest absolute Gasteiger partial charge is 0.481 e.